The fourth-order valence-corrected chi connectivity index (χ4v) is 1.36. The molecule has 2 nitrogen and oxygen atoms in total. The van der Waals surface area contributed by atoms with Gasteiger partial charge in [0.15, 0.2) is 0 Å². The summed E-state index contributed by atoms with van der Waals surface area (Å²) in [5, 5.41) is 6.56. The number of nitrogens with one attached hydrogen (secondary N) is 2. The number of hydrogen-bond donors (Lipinski definition) is 2. The first-order chi connectivity index (χ1) is 7.45. The molecule has 4 heteroatoms. The number of para-hydroxylation sites is 2. The van der Waals surface area contributed by atoms with Crippen LogP contribution in [0.3, 0.4) is 0 Å². The molecule has 0 bridgehead atoms. The van der Waals surface area contributed by atoms with Crippen molar-refractivity contribution in [2.24, 2.45) is 0 Å². The zero-order valence-corrected chi connectivity index (χ0v) is 12.6. The van der Waals surface area contributed by atoms with E-state index >= 15 is 0 Å². The van der Waals surface area contributed by atoms with Crippen molar-refractivity contribution in [1.82, 2.24) is 0 Å². The van der Waals surface area contributed by atoms with E-state index in [0.29, 0.717) is 0 Å². The van der Waals surface area contributed by atoms with Crippen molar-refractivity contribution in [2.75, 3.05) is 17.3 Å². The van der Waals surface area contributed by atoms with Gasteiger partial charge in [0.25, 0.3) is 0 Å². The van der Waals surface area contributed by atoms with Crippen LogP contribution in [-0.4, -0.2) is 6.67 Å². The predicted molar refractivity (Wildman–Crippen MR) is 65.0 cm³/mol. The number of benzene rings is 2. The molecule has 2 rings (SSSR count). The molecule has 0 radical (unpaired) electrons. The normalized spacial score (nSPS) is 8.47. The molecule has 0 atom stereocenters. The third kappa shape index (κ3) is 5.99. The van der Waals surface area contributed by atoms with Crippen LogP contribution >= 0.6 is 0 Å². The summed E-state index contributed by atoms with van der Waals surface area (Å²) in [6.45, 7) is 0.730. The summed E-state index contributed by atoms with van der Waals surface area (Å²) in [6.07, 6.45) is 0. The molecule has 0 heterocycles. The third-order valence-electron chi connectivity index (χ3n) is 2.13. The second-order valence-electron chi connectivity index (χ2n) is 3.26. The monoisotopic (exact) mass is 256 g/mol. The molecular weight excluding hydrogens is 243 g/mol. The fraction of sp³-hybridized carbons (Fsp3) is 0.0769. The average Bonchev–Trinajstić information content (AvgIpc) is 2.32. The first-order valence-electron chi connectivity index (χ1n) is 5.03. The van der Waals surface area contributed by atoms with Gasteiger partial charge in [-0.1, -0.05) is 36.4 Å². The predicted octanol–water partition coefficient (Wildman–Crippen LogP) is -2.82. The number of anilines is 2. The van der Waals surface area contributed by atoms with E-state index in [4.69, 9.17) is 0 Å². The van der Waals surface area contributed by atoms with Crippen LogP contribution < -0.4 is 52.6 Å². The maximum absolute atomic E-state index is 3.28. The molecule has 0 aliphatic rings. The maximum Gasteiger partial charge on any atom is 1.00 e. The van der Waals surface area contributed by atoms with E-state index in [1.54, 1.807) is 0 Å². The van der Waals surface area contributed by atoms with E-state index in [1.807, 2.05) is 60.7 Å². The van der Waals surface area contributed by atoms with E-state index in [1.165, 1.54) is 0 Å². The van der Waals surface area contributed by atoms with Crippen LogP contribution in [0.2, 0.25) is 0 Å². The Morgan fingerprint density at radius 1 is 0.647 bits per heavy atom. The number of rotatable bonds is 4. The molecule has 0 spiro atoms. The van der Waals surface area contributed by atoms with Crippen LogP contribution in [0, 0.1) is 0 Å². The Morgan fingerprint density at radius 3 is 1.35 bits per heavy atom. The van der Waals surface area contributed by atoms with Crippen LogP contribution in [-0.2, 0) is 0 Å². The van der Waals surface area contributed by atoms with Crippen molar-refractivity contribution in [2.45, 2.75) is 0 Å². The summed E-state index contributed by atoms with van der Waals surface area (Å²) in [7, 11) is 0. The number of hydrogen-bond acceptors (Lipinski definition) is 2. The Labute approximate surface area is 131 Å². The standard InChI is InChI=1S/C13H14N2.ClH.Na/c1-3-7-12(8-4-1)14-11-15-13-9-5-2-6-10-13;;/h1-10,14-15H,11H2;1H;/q;;+1/p-1. The Bertz CT molecular complexity index is 355. The van der Waals surface area contributed by atoms with Gasteiger partial charge in [-0.15, -0.1) is 0 Å². The van der Waals surface area contributed by atoms with Gasteiger partial charge >= 0.3 is 29.6 Å². The molecular formula is C13H14ClN2Na. The van der Waals surface area contributed by atoms with Gasteiger partial charge in [0, 0.05) is 11.4 Å². The molecule has 17 heavy (non-hydrogen) atoms. The van der Waals surface area contributed by atoms with E-state index < -0.39 is 0 Å². The second-order valence-corrected chi connectivity index (χ2v) is 3.26. The molecule has 0 aliphatic heterocycles. The molecule has 0 saturated carbocycles. The summed E-state index contributed by atoms with van der Waals surface area (Å²) in [6, 6.07) is 20.3. The molecule has 0 amide bonds. The van der Waals surface area contributed by atoms with E-state index in [2.05, 4.69) is 10.6 Å². The molecule has 2 N–H and O–H groups in total. The Kier molecular flexibility index (Phi) is 9.00. The van der Waals surface area contributed by atoms with E-state index in [9.17, 15) is 0 Å². The zero-order valence-electron chi connectivity index (χ0n) is 9.86. The quantitative estimate of drug-likeness (QED) is 0.456. The Balaban J connectivity index is 0.00000128. The zero-order chi connectivity index (χ0) is 10.3. The Morgan fingerprint density at radius 2 is 1.00 bits per heavy atom. The molecule has 0 fully saturated rings. The molecule has 2 aromatic carbocycles. The van der Waals surface area contributed by atoms with E-state index in [0.717, 1.165) is 18.0 Å². The summed E-state index contributed by atoms with van der Waals surface area (Å²) in [4.78, 5) is 0. The average molecular weight is 257 g/mol. The number of halogens is 1. The molecule has 2 aromatic rings. The summed E-state index contributed by atoms with van der Waals surface area (Å²) in [5.41, 5.74) is 2.25. The third-order valence-corrected chi connectivity index (χ3v) is 2.13. The fourth-order valence-electron chi connectivity index (χ4n) is 1.36. The van der Waals surface area contributed by atoms with Gasteiger partial charge in [0.1, 0.15) is 0 Å². The first-order valence-corrected chi connectivity index (χ1v) is 5.03. The van der Waals surface area contributed by atoms with Crippen molar-refractivity contribution in [3.63, 3.8) is 0 Å². The molecule has 0 saturated heterocycles. The molecule has 84 valence electrons. The van der Waals surface area contributed by atoms with Gasteiger partial charge in [-0.05, 0) is 24.3 Å². The van der Waals surface area contributed by atoms with Crippen molar-refractivity contribution in [3.05, 3.63) is 60.7 Å². The van der Waals surface area contributed by atoms with Crippen LogP contribution in [0.15, 0.2) is 60.7 Å². The second kappa shape index (κ2) is 9.37. The smallest absolute Gasteiger partial charge is 1.00 e. The van der Waals surface area contributed by atoms with Gasteiger partial charge in [-0.2, -0.15) is 0 Å². The van der Waals surface area contributed by atoms with Gasteiger partial charge in [-0.25, -0.2) is 0 Å². The van der Waals surface area contributed by atoms with Crippen molar-refractivity contribution in [3.8, 4) is 0 Å². The van der Waals surface area contributed by atoms with Gasteiger partial charge in [0.2, 0.25) is 0 Å². The molecule has 0 unspecified atom stereocenters. The van der Waals surface area contributed by atoms with Gasteiger partial charge < -0.3 is 23.0 Å². The van der Waals surface area contributed by atoms with Crippen molar-refractivity contribution in [1.29, 1.82) is 0 Å². The summed E-state index contributed by atoms with van der Waals surface area (Å²) < 4.78 is 0. The minimum Gasteiger partial charge on any atom is -1.00 e. The van der Waals surface area contributed by atoms with Crippen LogP contribution in [0.25, 0.3) is 0 Å². The maximum atomic E-state index is 3.28. The van der Waals surface area contributed by atoms with Crippen molar-refractivity contribution < 1.29 is 42.0 Å². The van der Waals surface area contributed by atoms with Crippen LogP contribution in [0.5, 0.6) is 0 Å². The SMILES string of the molecule is [Cl-].[Na+].c1ccc(NCNc2ccccc2)cc1. The minimum atomic E-state index is 0. The molecule has 0 aromatic heterocycles. The van der Waals surface area contributed by atoms with Crippen LogP contribution in [0.4, 0.5) is 11.4 Å². The topological polar surface area (TPSA) is 24.1 Å². The Hall–Kier alpha value is -0.670. The molecule has 0 aliphatic carbocycles. The first kappa shape index (κ1) is 16.3. The van der Waals surface area contributed by atoms with Crippen LogP contribution in [0.1, 0.15) is 0 Å². The van der Waals surface area contributed by atoms with Gasteiger partial charge in [0.05, 0.1) is 6.67 Å². The van der Waals surface area contributed by atoms with Crippen molar-refractivity contribution >= 4 is 11.4 Å². The minimum absolute atomic E-state index is 0. The van der Waals surface area contributed by atoms with Gasteiger partial charge in [-0.3, -0.25) is 0 Å². The largest absolute Gasteiger partial charge is 1.00 e. The summed E-state index contributed by atoms with van der Waals surface area (Å²) >= 11 is 0. The summed E-state index contributed by atoms with van der Waals surface area (Å²) in [5.74, 6) is 0. The van der Waals surface area contributed by atoms with E-state index in [-0.39, 0.29) is 42.0 Å².